The van der Waals surface area contributed by atoms with Crippen LogP contribution in [0.1, 0.15) is 23.4 Å². The molecule has 1 aromatic heterocycles. The number of quaternary nitrogens is 1. The molecule has 150 valence electrons. The van der Waals surface area contributed by atoms with Gasteiger partial charge in [-0.25, -0.2) is 9.18 Å². The van der Waals surface area contributed by atoms with Crippen molar-refractivity contribution in [3.63, 3.8) is 0 Å². The van der Waals surface area contributed by atoms with E-state index in [0.29, 0.717) is 39.3 Å². The maximum Gasteiger partial charge on any atom is 0.410 e. The summed E-state index contributed by atoms with van der Waals surface area (Å²) in [7, 11) is 0. The van der Waals surface area contributed by atoms with E-state index in [2.05, 4.69) is 5.32 Å². The fourth-order valence-corrected chi connectivity index (χ4v) is 4.07. The molecule has 1 aliphatic heterocycles. The Morgan fingerprint density at radius 3 is 2.57 bits per heavy atom. The SMILES string of the molecule is CCOC(=O)N1CC[NH+](CC(=O)N[C@@H](c2ccc(F)cc2)c2cccs2)CC1. The van der Waals surface area contributed by atoms with Gasteiger partial charge in [-0.05, 0) is 36.1 Å². The van der Waals surface area contributed by atoms with E-state index in [1.807, 2.05) is 17.5 Å². The summed E-state index contributed by atoms with van der Waals surface area (Å²) in [5, 5.41) is 5.04. The Morgan fingerprint density at radius 2 is 1.96 bits per heavy atom. The van der Waals surface area contributed by atoms with Crippen molar-refractivity contribution >= 4 is 23.3 Å². The number of carbonyl (C=O) groups is 2. The summed E-state index contributed by atoms with van der Waals surface area (Å²) in [5.41, 5.74) is 0.847. The molecule has 0 spiro atoms. The highest BCUT2D eigenvalue weighted by atomic mass is 32.1. The van der Waals surface area contributed by atoms with Crippen LogP contribution in [0, 0.1) is 5.82 Å². The highest BCUT2D eigenvalue weighted by Gasteiger charge is 2.27. The number of amides is 2. The molecule has 1 aromatic carbocycles. The lowest BCUT2D eigenvalue weighted by Gasteiger charge is -2.31. The molecule has 0 unspecified atom stereocenters. The van der Waals surface area contributed by atoms with Crippen molar-refractivity contribution < 1.29 is 23.6 Å². The second kappa shape index (κ2) is 9.66. The summed E-state index contributed by atoms with van der Waals surface area (Å²) in [4.78, 5) is 28.3. The van der Waals surface area contributed by atoms with Crippen LogP contribution in [0.5, 0.6) is 0 Å². The highest BCUT2D eigenvalue weighted by Crippen LogP contribution is 2.26. The van der Waals surface area contributed by atoms with Crippen LogP contribution in [0.3, 0.4) is 0 Å². The van der Waals surface area contributed by atoms with Crippen molar-refractivity contribution in [1.29, 1.82) is 0 Å². The first-order valence-corrected chi connectivity index (χ1v) is 10.3. The van der Waals surface area contributed by atoms with Crippen LogP contribution in [0.15, 0.2) is 41.8 Å². The van der Waals surface area contributed by atoms with Gasteiger partial charge in [-0.2, -0.15) is 0 Å². The van der Waals surface area contributed by atoms with Gasteiger partial charge in [0.05, 0.1) is 38.8 Å². The average molecular weight is 407 g/mol. The number of benzene rings is 1. The van der Waals surface area contributed by atoms with E-state index in [0.717, 1.165) is 15.3 Å². The Hall–Kier alpha value is -2.45. The Labute approximate surface area is 167 Å². The zero-order chi connectivity index (χ0) is 19.9. The lowest BCUT2D eigenvalue weighted by atomic mass is 10.1. The zero-order valence-electron chi connectivity index (χ0n) is 15.8. The molecule has 1 atom stereocenters. The van der Waals surface area contributed by atoms with E-state index in [4.69, 9.17) is 4.74 Å². The molecule has 0 aliphatic carbocycles. The van der Waals surface area contributed by atoms with Crippen molar-refractivity contribution in [2.24, 2.45) is 0 Å². The fourth-order valence-electron chi connectivity index (χ4n) is 3.27. The van der Waals surface area contributed by atoms with Gasteiger partial charge in [0.2, 0.25) is 0 Å². The van der Waals surface area contributed by atoms with Crippen molar-refractivity contribution in [2.75, 3.05) is 39.3 Å². The van der Waals surface area contributed by atoms with Gasteiger partial charge in [0, 0.05) is 4.88 Å². The first kappa shape index (κ1) is 20.3. The third-order valence-corrected chi connectivity index (χ3v) is 5.68. The molecule has 3 rings (SSSR count). The Kier molecular flexibility index (Phi) is 7.00. The number of nitrogens with one attached hydrogen (secondary N) is 2. The average Bonchev–Trinajstić information content (AvgIpc) is 3.22. The normalized spacial score (nSPS) is 15.9. The van der Waals surface area contributed by atoms with Gasteiger partial charge < -0.3 is 15.0 Å². The van der Waals surface area contributed by atoms with Crippen molar-refractivity contribution in [3.05, 3.63) is 58.0 Å². The molecule has 2 N–H and O–H groups in total. The summed E-state index contributed by atoms with van der Waals surface area (Å²) in [5.74, 6) is -0.369. The van der Waals surface area contributed by atoms with Gasteiger partial charge in [0.15, 0.2) is 6.54 Å². The number of piperazine rings is 1. The van der Waals surface area contributed by atoms with Crippen molar-refractivity contribution in [2.45, 2.75) is 13.0 Å². The first-order chi connectivity index (χ1) is 13.6. The number of hydrogen-bond donors (Lipinski definition) is 2. The molecule has 6 nitrogen and oxygen atoms in total. The van der Waals surface area contributed by atoms with Crippen molar-refractivity contribution in [1.82, 2.24) is 10.2 Å². The van der Waals surface area contributed by atoms with Crippen LogP contribution in [0.25, 0.3) is 0 Å². The molecular weight excluding hydrogens is 381 g/mol. The summed E-state index contributed by atoms with van der Waals surface area (Å²) in [6.45, 7) is 5.04. The van der Waals surface area contributed by atoms with E-state index in [1.54, 1.807) is 35.3 Å². The third-order valence-electron chi connectivity index (χ3n) is 4.74. The minimum absolute atomic E-state index is 0.0673. The molecule has 0 bridgehead atoms. The minimum atomic E-state index is -0.302. The largest absolute Gasteiger partial charge is 0.450 e. The maximum absolute atomic E-state index is 13.3. The predicted molar refractivity (Wildman–Crippen MR) is 105 cm³/mol. The molecule has 2 heterocycles. The lowest BCUT2D eigenvalue weighted by Crippen LogP contribution is -3.15. The minimum Gasteiger partial charge on any atom is -0.450 e. The van der Waals surface area contributed by atoms with Crippen LogP contribution in [-0.4, -0.2) is 56.2 Å². The summed E-state index contributed by atoms with van der Waals surface area (Å²) in [6.07, 6.45) is -0.292. The molecule has 28 heavy (non-hydrogen) atoms. The summed E-state index contributed by atoms with van der Waals surface area (Å²) < 4.78 is 18.3. The lowest BCUT2D eigenvalue weighted by molar-refractivity contribution is -0.896. The first-order valence-electron chi connectivity index (χ1n) is 9.40. The summed E-state index contributed by atoms with van der Waals surface area (Å²) in [6, 6.07) is 9.81. The summed E-state index contributed by atoms with van der Waals surface area (Å²) >= 11 is 1.55. The van der Waals surface area contributed by atoms with E-state index < -0.39 is 0 Å². The zero-order valence-corrected chi connectivity index (χ0v) is 16.6. The molecule has 0 radical (unpaired) electrons. The second-order valence-corrected chi connectivity index (χ2v) is 7.66. The van der Waals surface area contributed by atoms with Crippen molar-refractivity contribution in [3.8, 4) is 0 Å². The number of halogens is 1. The van der Waals surface area contributed by atoms with Gasteiger partial charge in [-0.1, -0.05) is 18.2 Å². The number of nitrogens with zero attached hydrogens (tertiary/aromatic N) is 1. The Morgan fingerprint density at radius 1 is 1.25 bits per heavy atom. The fraction of sp³-hybridized carbons (Fsp3) is 0.400. The van der Waals surface area contributed by atoms with Crippen LogP contribution < -0.4 is 10.2 Å². The number of hydrogen-bond acceptors (Lipinski definition) is 4. The number of ether oxygens (including phenoxy) is 1. The monoisotopic (exact) mass is 406 g/mol. The van der Waals surface area contributed by atoms with Crippen LogP contribution >= 0.6 is 11.3 Å². The Balaban J connectivity index is 1.58. The van der Waals surface area contributed by atoms with Gasteiger partial charge in [0.1, 0.15) is 5.82 Å². The second-order valence-electron chi connectivity index (χ2n) is 6.68. The Bertz CT molecular complexity index is 775. The maximum atomic E-state index is 13.3. The number of rotatable bonds is 6. The molecule has 1 saturated heterocycles. The van der Waals surface area contributed by atoms with Crippen LogP contribution in [0.2, 0.25) is 0 Å². The van der Waals surface area contributed by atoms with E-state index >= 15 is 0 Å². The smallest absolute Gasteiger partial charge is 0.410 e. The topological polar surface area (TPSA) is 63.1 Å². The van der Waals surface area contributed by atoms with Gasteiger partial charge in [-0.3, -0.25) is 9.69 Å². The molecule has 1 aliphatic rings. The number of thiophene rings is 1. The van der Waals surface area contributed by atoms with Gasteiger partial charge >= 0.3 is 6.09 Å². The van der Waals surface area contributed by atoms with Gasteiger partial charge in [0.25, 0.3) is 5.91 Å². The number of carbonyl (C=O) groups excluding carboxylic acids is 2. The van der Waals surface area contributed by atoms with E-state index in [1.165, 1.54) is 12.1 Å². The predicted octanol–water partition coefficient (Wildman–Crippen LogP) is 1.45. The molecule has 2 amide bonds. The van der Waals surface area contributed by atoms with Crippen LogP contribution in [0.4, 0.5) is 9.18 Å². The third kappa shape index (κ3) is 5.30. The molecule has 1 fully saturated rings. The standard InChI is InChI=1S/C20H24FN3O3S/c1-2-27-20(26)24-11-9-23(10-12-24)14-18(25)22-19(17-4-3-13-28-17)15-5-7-16(21)8-6-15/h3-8,13,19H,2,9-12,14H2,1H3,(H,22,25)/p+1/t19-/m0/s1. The molecule has 0 saturated carbocycles. The molecule has 2 aromatic rings. The van der Waals surface area contributed by atoms with Crippen LogP contribution in [-0.2, 0) is 9.53 Å². The van der Waals surface area contributed by atoms with E-state index in [-0.39, 0.29) is 23.9 Å². The van der Waals surface area contributed by atoms with E-state index in [9.17, 15) is 14.0 Å². The quantitative estimate of drug-likeness (QED) is 0.763. The van der Waals surface area contributed by atoms with Gasteiger partial charge in [-0.15, -0.1) is 11.3 Å². The molecular formula is C20H25FN3O3S+. The molecule has 8 heteroatoms. The highest BCUT2D eigenvalue weighted by molar-refractivity contribution is 7.10.